The van der Waals surface area contributed by atoms with Gasteiger partial charge in [-0.1, -0.05) is 0 Å². The van der Waals surface area contributed by atoms with E-state index in [0.717, 1.165) is 13.0 Å². The normalized spacial score (nSPS) is 19.3. The maximum atomic E-state index is 12.6. The first kappa shape index (κ1) is 18.7. The lowest BCUT2D eigenvalue weighted by Crippen LogP contribution is -2.30. The highest BCUT2D eigenvalue weighted by atomic mass is 79.9. The Labute approximate surface area is 140 Å². The van der Waals surface area contributed by atoms with E-state index >= 15 is 0 Å². The maximum absolute atomic E-state index is 12.6. The average molecular weight is 400 g/mol. The molecule has 8 heteroatoms. The van der Waals surface area contributed by atoms with Crippen molar-refractivity contribution in [3.05, 3.63) is 22.7 Å². The molecule has 2 rings (SSSR count). The van der Waals surface area contributed by atoms with Crippen molar-refractivity contribution in [3.8, 4) is 5.75 Å². The van der Waals surface area contributed by atoms with E-state index in [-0.39, 0.29) is 12.4 Å². The Kier molecular flexibility index (Phi) is 6.93. The second kappa shape index (κ2) is 7.78. The van der Waals surface area contributed by atoms with E-state index in [0.29, 0.717) is 34.1 Å². The number of halogens is 2. The minimum absolute atomic E-state index is 0. The maximum Gasteiger partial charge on any atom is 0.243 e. The zero-order valence-electron chi connectivity index (χ0n) is 12.0. The minimum atomic E-state index is -3.42. The first-order chi connectivity index (χ1) is 9.48. The number of hydrogen-bond donors (Lipinski definition) is 1. The second-order valence-electron chi connectivity index (χ2n) is 4.87. The SMILES string of the molecule is CNCC1CCN(S(=O)(=O)c2ccc(OC)c(Br)c2)C1.Cl. The molecule has 1 unspecified atom stereocenters. The predicted octanol–water partition coefficient (Wildman–Crippen LogP) is 2.11. The third kappa shape index (κ3) is 4.10. The molecule has 0 spiro atoms. The summed E-state index contributed by atoms with van der Waals surface area (Å²) in [5.74, 6) is 1.01. The highest BCUT2D eigenvalue weighted by Gasteiger charge is 2.32. The highest BCUT2D eigenvalue weighted by Crippen LogP contribution is 2.30. The Morgan fingerprint density at radius 1 is 1.48 bits per heavy atom. The molecule has 0 aliphatic carbocycles. The van der Waals surface area contributed by atoms with E-state index < -0.39 is 10.0 Å². The monoisotopic (exact) mass is 398 g/mol. The van der Waals surface area contributed by atoms with Crippen LogP contribution in [0.25, 0.3) is 0 Å². The predicted molar refractivity (Wildman–Crippen MR) is 88.7 cm³/mol. The van der Waals surface area contributed by atoms with E-state index in [1.54, 1.807) is 29.6 Å². The summed E-state index contributed by atoms with van der Waals surface area (Å²) < 4.78 is 32.5. The molecular weight excluding hydrogens is 380 g/mol. The molecule has 21 heavy (non-hydrogen) atoms. The molecular formula is C13H20BrClN2O3S. The zero-order chi connectivity index (χ0) is 14.8. The summed E-state index contributed by atoms with van der Waals surface area (Å²) in [7, 11) is 0.0219. The summed E-state index contributed by atoms with van der Waals surface area (Å²) in [5, 5.41) is 3.10. The lowest BCUT2D eigenvalue weighted by Gasteiger charge is -2.17. The second-order valence-corrected chi connectivity index (χ2v) is 7.66. The third-order valence-corrected chi connectivity index (χ3v) is 5.98. The molecule has 1 saturated heterocycles. The van der Waals surface area contributed by atoms with E-state index in [1.807, 2.05) is 7.05 Å². The fourth-order valence-corrected chi connectivity index (χ4v) is 4.68. The Hall–Kier alpha value is -0.340. The van der Waals surface area contributed by atoms with Crippen molar-refractivity contribution in [2.45, 2.75) is 11.3 Å². The molecule has 1 N–H and O–H groups in total. The zero-order valence-corrected chi connectivity index (χ0v) is 15.2. The first-order valence-corrected chi connectivity index (χ1v) is 8.70. The van der Waals surface area contributed by atoms with Crippen molar-refractivity contribution in [3.63, 3.8) is 0 Å². The quantitative estimate of drug-likeness (QED) is 0.824. The van der Waals surface area contributed by atoms with Crippen LogP contribution < -0.4 is 10.1 Å². The molecule has 5 nitrogen and oxygen atoms in total. The number of rotatable bonds is 5. The summed E-state index contributed by atoms with van der Waals surface area (Å²) in [6, 6.07) is 4.85. The molecule has 1 aromatic carbocycles. The van der Waals surface area contributed by atoms with Gasteiger partial charge < -0.3 is 10.1 Å². The van der Waals surface area contributed by atoms with Gasteiger partial charge in [-0.15, -0.1) is 12.4 Å². The summed E-state index contributed by atoms with van der Waals surface area (Å²) in [5.41, 5.74) is 0. The fraction of sp³-hybridized carbons (Fsp3) is 0.538. The molecule has 1 aromatic rings. The number of hydrogen-bond acceptors (Lipinski definition) is 4. The van der Waals surface area contributed by atoms with Gasteiger partial charge in [0.25, 0.3) is 0 Å². The van der Waals surface area contributed by atoms with Gasteiger partial charge in [0, 0.05) is 13.1 Å². The molecule has 1 aliphatic heterocycles. The largest absolute Gasteiger partial charge is 0.496 e. The van der Waals surface area contributed by atoms with Crippen molar-refractivity contribution in [1.29, 1.82) is 0 Å². The number of nitrogens with zero attached hydrogens (tertiary/aromatic N) is 1. The van der Waals surface area contributed by atoms with Crippen LogP contribution in [0.5, 0.6) is 5.75 Å². The van der Waals surface area contributed by atoms with Gasteiger partial charge in [-0.25, -0.2) is 8.42 Å². The number of nitrogens with one attached hydrogen (secondary N) is 1. The Morgan fingerprint density at radius 2 is 2.19 bits per heavy atom. The van der Waals surface area contributed by atoms with Gasteiger partial charge in [-0.2, -0.15) is 4.31 Å². The van der Waals surface area contributed by atoms with Crippen molar-refractivity contribution in [2.24, 2.45) is 5.92 Å². The van der Waals surface area contributed by atoms with E-state index in [1.165, 1.54) is 0 Å². The summed E-state index contributed by atoms with van der Waals surface area (Å²) in [6.45, 7) is 2.00. The van der Waals surface area contributed by atoms with Gasteiger partial charge in [0.2, 0.25) is 10.0 Å². The van der Waals surface area contributed by atoms with Crippen LogP contribution in [0.4, 0.5) is 0 Å². The molecule has 1 aliphatic rings. The van der Waals surface area contributed by atoms with Gasteiger partial charge in [0.1, 0.15) is 5.75 Å². The lowest BCUT2D eigenvalue weighted by atomic mass is 10.1. The smallest absolute Gasteiger partial charge is 0.243 e. The van der Waals surface area contributed by atoms with Crippen LogP contribution in [0.3, 0.4) is 0 Å². The van der Waals surface area contributed by atoms with E-state index in [2.05, 4.69) is 21.2 Å². The van der Waals surface area contributed by atoms with Crippen LogP contribution in [0.1, 0.15) is 6.42 Å². The fourth-order valence-electron chi connectivity index (χ4n) is 2.43. The summed E-state index contributed by atoms with van der Waals surface area (Å²) >= 11 is 3.33. The van der Waals surface area contributed by atoms with Gasteiger partial charge in [0.05, 0.1) is 16.5 Å². The Balaban J connectivity index is 0.00000220. The summed E-state index contributed by atoms with van der Waals surface area (Å²) in [6.07, 6.45) is 0.900. The van der Waals surface area contributed by atoms with Crippen LogP contribution in [0, 0.1) is 5.92 Å². The number of ether oxygens (including phenoxy) is 1. The topological polar surface area (TPSA) is 58.6 Å². The van der Waals surface area contributed by atoms with Gasteiger partial charge in [0.15, 0.2) is 0 Å². The van der Waals surface area contributed by atoms with Gasteiger partial charge in [-0.3, -0.25) is 0 Å². The third-order valence-electron chi connectivity index (χ3n) is 3.50. The molecule has 0 bridgehead atoms. The lowest BCUT2D eigenvalue weighted by molar-refractivity contribution is 0.411. The highest BCUT2D eigenvalue weighted by molar-refractivity contribution is 9.10. The van der Waals surface area contributed by atoms with Crippen LogP contribution in [-0.2, 0) is 10.0 Å². The number of benzene rings is 1. The van der Waals surface area contributed by atoms with Crippen LogP contribution in [0.2, 0.25) is 0 Å². The van der Waals surface area contributed by atoms with Gasteiger partial charge in [-0.05, 0) is 60.1 Å². The standard InChI is InChI=1S/C13H19BrN2O3S.ClH/c1-15-8-10-5-6-16(9-10)20(17,18)11-3-4-13(19-2)12(14)7-11;/h3-4,7,10,15H,5-6,8-9H2,1-2H3;1H. The van der Waals surface area contributed by atoms with E-state index in [9.17, 15) is 8.42 Å². The Morgan fingerprint density at radius 3 is 2.76 bits per heavy atom. The van der Waals surface area contributed by atoms with Crippen molar-refractivity contribution >= 4 is 38.4 Å². The van der Waals surface area contributed by atoms with Crippen molar-refractivity contribution in [1.82, 2.24) is 9.62 Å². The molecule has 0 aromatic heterocycles. The molecule has 1 fully saturated rings. The van der Waals surface area contributed by atoms with E-state index in [4.69, 9.17) is 4.74 Å². The van der Waals surface area contributed by atoms with Crippen molar-refractivity contribution < 1.29 is 13.2 Å². The average Bonchev–Trinajstić information content (AvgIpc) is 2.88. The Bertz CT molecular complexity index is 583. The molecule has 1 heterocycles. The number of methoxy groups -OCH3 is 1. The molecule has 0 radical (unpaired) electrons. The first-order valence-electron chi connectivity index (χ1n) is 6.47. The van der Waals surface area contributed by atoms with Gasteiger partial charge >= 0.3 is 0 Å². The van der Waals surface area contributed by atoms with Crippen LogP contribution in [0.15, 0.2) is 27.6 Å². The molecule has 120 valence electrons. The molecule has 0 saturated carbocycles. The molecule has 1 atom stereocenters. The molecule has 0 amide bonds. The van der Waals surface area contributed by atoms with Crippen LogP contribution in [-0.4, -0.2) is 46.5 Å². The summed E-state index contributed by atoms with van der Waals surface area (Å²) in [4.78, 5) is 0.301. The van der Waals surface area contributed by atoms with Crippen LogP contribution >= 0.6 is 28.3 Å². The minimum Gasteiger partial charge on any atom is -0.496 e. The number of sulfonamides is 1. The van der Waals surface area contributed by atoms with Crippen molar-refractivity contribution in [2.75, 3.05) is 33.8 Å².